The molecule has 1 fully saturated rings. The second-order valence-corrected chi connectivity index (χ2v) is 9.99. The van der Waals surface area contributed by atoms with Crippen molar-refractivity contribution in [2.45, 2.75) is 37.8 Å². The summed E-state index contributed by atoms with van der Waals surface area (Å²) in [4.78, 5) is 4.91. The van der Waals surface area contributed by atoms with Gasteiger partial charge in [-0.25, -0.2) is 17.7 Å². The van der Waals surface area contributed by atoms with E-state index in [0.29, 0.717) is 25.0 Å². The molecule has 176 valence electrons. The van der Waals surface area contributed by atoms with Gasteiger partial charge in [-0.15, -0.1) is 24.0 Å². The third kappa shape index (κ3) is 7.63. The van der Waals surface area contributed by atoms with Crippen molar-refractivity contribution >= 4 is 40.0 Å². The first-order valence-electron chi connectivity index (χ1n) is 10.6. The van der Waals surface area contributed by atoms with Crippen molar-refractivity contribution in [2.75, 3.05) is 27.2 Å². The molecule has 0 aromatic heterocycles. The fraction of sp³-hybridized carbons (Fsp3) is 0.435. The standard InChI is InChI=1S/C23H32N4O3S.HI/c1-4-24-23(25-15-18-11-13-21(14-12-18)31(28,29)27(2)3)26-16-20-7-5-6-8-22(20)30-17-19-9-10-19;/h5-8,11-14,19H,4,9-10,15-17H2,1-3H3,(H2,24,25,26);1H. The Hall–Kier alpha value is -1.85. The zero-order chi connectivity index (χ0) is 22.3. The zero-order valence-electron chi connectivity index (χ0n) is 18.9. The molecule has 1 aliphatic carbocycles. The van der Waals surface area contributed by atoms with Gasteiger partial charge in [-0.2, -0.15) is 0 Å². The van der Waals surface area contributed by atoms with Crippen molar-refractivity contribution in [1.29, 1.82) is 0 Å². The van der Waals surface area contributed by atoms with Gasteiger partial charge in [0, 0.05) is 32.7 Å². The van der Waals surface area contributed by atoms with Crippen LogP contribution < -0.4 is 15.4 Å². The molecule has 0 spiro atoms. The van der Waals surface area contributed by atoms with Crippen molar-refractivity contribution in [3.8, 4) is 5.75 Å². The Morgan fingerprint density at radius 1 is 1.09 bits per heavy atom. The number of guanidine groups is 1. The molecule has 2 N–H and O–H groups in total. The lowest BCUT2D eigenvalue weighted by Gasteiger charge is -2.15. The van der Waals surface area contributed by atoms with Gasteiger partial charge in [0.25, 0.3) is 0 Å². The minimum Gasteiger partial charge on any atom is -0.493 e. The molecule has 0 bridgehead atoms. The Bertz CT molecular complexity index is 991. The first-order chi connectivity index (χ1) is 14.9. The highest BCUT2D eigenvalue weighted by Crippen LogP contribution is 2.30. The highest BCUT2D eigenvalue weighted by atomic mass is 127. The summed E-state index contributed by atoms with van der Waals surface area (Å²) in [6.45, 7) is 4.59. The van der Waals surface area contributed by atoms with Crippen LogP contribution in [0.2, 0.25) is 0 Å². The number of nitrogens with one attached hydrogen (secondary N) is 2. The van der Waals surface area contributed by atoms with E-state index in [-0.39, 0.29) is 28.9 Å². The molecule has 0 heterocycles. The van der Waals surface area contributed by atoms with E-state index in [2.05, 4.69) is 21.7 Å². The van der Waals surface area contributed by atoms with E-state index in [1.54, 1.807) is 24.3 Å². The molecule has 9 heteroatoms. The van der Waals surface area contributed by atoms with E-state index in [9.17, 15) is 8.42 Å². The maximum Gasteiger partial charge on any atom is 0.242 e. The number of ether oxygens (including phenoxy) is 1. The molecular formula is C23H33IN4O3S. The Kier molecular flexibility index (Phi) is 10.2. The van der Waals surface area contributed by atoms with E-state index >= 15 is 0 Å². The summed E-state index contributed by atoms with van der Waals surface area (Å²) in [6, 6.07) is 14.9. The highest BCUT2D eigenvalue weighted by molar-refractivity contribution is 14.0. The largest absolute Gasteiger partial charge is 0.493 e. The van der Waals surface area contributed by atoms with Gasteiger partial charge in [-0.1, -0.05) is 30.3 Å². The fourth-order valence-corrected chi connectivity index (χ4v) is 3.85. The number of para-hydroxylation sites is 1. The van der Waals surface area contributed by atoms with Gasteiger partial charge in [0.1, 0.15) is 5.75 Å². The molecule has 0 radical (unpaired) electrons. The summed E-state index contributed by atoms with van der Waals surface area (Å²) in [5.74, 6) is 2.32. The number of hydrogen-bond donors (Lipinski definition) is 2. The zero-order valence-corrected chi connectivity index (χ0v) is 22.0. The van der Waals surface area contributed by atoms with E-state index in [4.69, 9.17) is 4.74 Å². The molecule has 0 atom stereocenters. The Morgan fingerprint density at radius 3 is 2.41 bits per heavy atom. The lowest BCUT2D eigenvalue weighted by molar-refractivity contribution is 0.296. The van der Waals surface area contributed by atoms with Crippen LogP contribution in [0.3, 0.4) is 0 Å². The SMILES string of the molecule is CCNC(=NCc1ccc(S(=O)(=O)N(C)C)cc1)NCc1ccccc1OCC1CC1.I. The average molecular weight is 573 g/mol. The summed E-state index contributed by atoms with van der Waals surface area (Å²) >= 11 is 0. The van der Waals surface area contributed by atoms with Crippen LogP contribution in [0.15, 0.2) is 58.4 Å². The summed E-state index contributed by atoms with van der Waals surface area (Å²) in [6.07, 6.45) is 2.53. The molecule has 0 unspecified atom stereocenters. The minimum atomic E-state index is -3.42. The van der Waals surface area contributed by atoms with Crippen LogP contribution in [0.1, 0.15) is 30.9 Å². The number of nitrogens with zero attached hydrogens (tertiary/aromatic N) is 2. The summed E-state index contributed by atoms with van der Waals surface area (Å²) in [5, 5.41) is 6.61. The molecule has 1 saturated carbocycles. The van der Waals surface area contributed by atoms with Crippen LogP contribution in [0, 0.1) is 5.92 Å². The monoisotopic (exact) mass is 572 g/mol. The summed E-state index contributed by atoms with van der Waals surface area (Å²) < 4.78 is 31.6. The van der Waals surface area contributed by atoms with Crippen molar-refractivity contribution in [1.82, 2.24) is 14.9 Å². The van der Waals surface area contributed by atoms with E-state index in [0.717, 1.165) is 30.0 Å². The van der Waals surface area contributed by atoms with Gasteiger partial charge >= 0.3 is 0 Å². The van der Waals surface area contributed by atoms with Gasteiger partial charge < -0.3 is 15.4 Å². The molecule has 0 saturated heterocycles. The second kappa shape index (κ2) is 12.4. The number of halogens is 1. The third-order valence-corrected chi connectivity index (χ3v) is 6.89. The molecule has 0 aliphatic heterocycles. The van der Waals surface area contributed by atoms with Gasteiger partial charge in [0.05, 0.1) is 18.0 Å². The molecule has 32 heavy (non-hydrogen) atoms. The maximum absolute atomic E-state index is 12.2. The van der Waals surface area contributed by atoms with Gasteiger partial charge in [-0.3, -0.25) is 0 Å². The van der Waals surface area contributed by atoms with Crippen LogP contribution in [0.5, 0.6) is 5.75 Å². The molecule has 3 rings (SSSR count). The quantitative estimate of drug-likeness (QED) is 0.259. The Balaban J connectivity index is 0.00000363. The van der Waals surface area contributed by atoms with Crippen molar-refractivity contribution < 1.29 is 13.2 Å². The van der Waals surface area contributed by atoms with Crippen LogP contribution in [-0.2, 0) is 23.1 Å². The van der Waals surface area contributed by atoms with Crippen LogP contribution in [-0.4, -0.2) is 45.9 Å². The molecule has 1 aliphatic rings. The van der Waals surface area contributed by atoms with Gasteiger partial charge in [-0.05, 0) is 49.4 Å². The molecule has 2 aromatic carbocycles. The number of hydrogen-bond acceptors (Lipinski definition) is 4. The lowest BCUT2D eigenvalue weighted by Crippen LogP contribution is -2.36. The lowest BCUT2D eigenvalue weighted by atomic mass is 10.2. The van der Waals surface area contributed by atoms with E-state index in [1.165, 1.54) is 31.2 Å². The smallest absolute Gasteiger partial charge is 0.242 e. The first-order valence-corrected chi connectivity index (χ1v) is 12.1. The normalized spacial score (nSPS) is 14.1. The van der Waals surface area contributed by atoms with Crippen molar-refractivity contribution in [3.63, 3.8) is 0 Å². The Labute approximate surface area is 208 Å². The number of rotatable bonds is 10. The third-order valence-electron chi connectivity index (χ3n) is 5.06. The number of aliphatic imine (C=N–C) groups is 1. The molecular weight excluding hydrogens is 539 g/mol. The Morgan fingerprint density at radius 2 is 1.78 bits per heavy atom. The second-order valence-electron chi connectivity index (χ2n) is 7.84. The predicted octanol–water partition coefficient (Wildman–Crippen LogP) is 3.60. The first kappa shape index (κ1) is 26.4. The van der Waals surface area contributed by atoms with Gasteiger partial charge in [0.15, 0.2) is 5.96 Å². The molecule has 0 amide bonds. The van der Waals surface area contributed by atoms with E-state index < -0.39 is 10.0 Å². The number of benzene rings is 2. The summed E-state index contributed by atoms with van der Waals surface area (Å²) in [5.41, 5.74) is 2.02. The highest BCUT2D eigenvalue weighted by Gasteiger charge is 2.22. The molecule has 7 nitrogen and oxygen atoms in total. The van der Waals surface area contributed by atoms with Crippen LogP contribution in [0.4, 0.5) is 0 Å². The summed E-state index contributed by atoms with van der Waals surface area (Å²) in [7, 11) is -0.373. The fourth-order valence-electron chi connectivity index (χ4n) is 2.95. The minimum absolute atomic E-state index is 0. The van der Waals surface area contributed by atoms with Crippen molar-refractivity contribution in [3.05, 3.63) is 59.7 Å². The van der Waals surface area contributed by atoms with Crippen LogP contribution >= 0.6 is 24.0 Å². The van der Waals surface area contributed by atoms with E-state index in [1.807, 2.05) is 25.1 Å². The van der Waals surface area contributed by atoms with Gasteiger partial charge in [0.2, 0.25) is 10.0 Å². The average Bonchev–Trinajstić information content (AvgIpc) is 3.59. The topological polar surface area (TPSA) is 83.0 Å². The number of sulfonamides is 1. The predicted molar refractivity (Wildman–Crippen MR) is 139 cm³/mol. The van der Waals surface area contributed by atoms with Crippen molar-refractivity contribution in [2.24, 2.45) is 10.9 Å². The molecule has 2 aromatic rings. The van der Waals surface area contributed by atoms with Crippen LogP contribution in [0.25, 0.3) is 0 Å². The maximum atomic E-state index is 12.2.